The van der Waals surface area contributed by atoms with Crippen LogP contribution in [0.3, 0.4) is 0 Å². The molecule has 0 saturated carbocycles. The predicted octanol–water partition coefficient (Wildman–Crippen LogP) is 6.81. The van der Waals surface area contributed by atoms with Crippen LogP contribution in [0.25, 0.3) is 0 Å². The number of carbonyl (C=O) groups excluding carboxylic acids is 4. The summed E-state index contributed by atoms with van der Waals surface area (Å²) in [6, 6.07) is 13.0. The van der Waals surface area contributed by atoms with Crippen LogP contribution in [0.2, 0.25) is 20.1 Å². The topological polar surface area (TPSA) is 92.8 Å². The van der Waals surface area contributed by atoms with Crippen molar-refractivity contribution in [2.75, 3.05) is 11.9 Å². The van der Waals surface area contributed by atoms with Crippen LogP contribution in [0.4, 0.5) is 5.69 Å². The van der Waals surface area contributed by atoms with Gasteiger partial charge in [-0.25, -0.2) is 4.79 Å². The van der Waals surface area contributed by atoms with Gasteiger partial charge in [-0.05, 0) is 29.5 Å². The number of amides is 3. The molecule has 3 amide bonds. The number of halogens is 4. The Labute approximate surface area is 251 Å². The van der Waals surface area contributed by atoms with Crippen LogP contribution >= 0.6 is 46.4 Å². The number of rotatable bonds is 9. The molecule has 0 spiro atoms. The first kappa shape index (κ1) is 29.9. The van der Waals surface area contributed by atoms with Gasteiger partial charge in [-0.2, -0.15) is 0 Å². The lowest BCUT2D eigenvalue weighted by molar-refractivity contribution is -0.151. The molecule has 1 aliphatic heterocycles. The Morgan fingerprint density at radius 1 is 0.800 bits per heavy atom. The van der Waals surface area contributed by atoms with E-state index in [-0.39, 0.29) is 37.6 Å². The van der Waals surface area contributed by atoms with E-state index < -0.39 is 36.3 Å². The van der Waals surface area contributed by atoms with E-state index >= 15 is 0 Å². The molecule has 0 aliphatic carbocycles. The highest BCUT2D eigenvalue weighted by molar-refractivity contribution is 6.55. The Balaban J connectivity index is 1.61. The van der Waals surface area contributed by atoms with Crippen LogP contribution < -0.4 is 5.32 Å². The molecular formula is C29H24Cl4N2O5. The van der Waals surface area contributed by atoms with E-state index in [0.29, 0.717) is 24.1 Å². The van der Waals surface area contributed by atoms with E-state index in [0.717, 1.165) is 16.0 Å². The van der Waals surface area contributed by atoms with Gasteiger partial charge in [0.25, 0.3) is 17.7 Å². The predicted molar refractivity (Wildman–Crippen MR) is 156 cm³/mol. The van der Waals surface area contributed by atoms with E-state index in [1.807, 2.05) is 32.0 Å². The van der Waals surface area contributed by atoms with Gasteiger partial charge >= 0.3 is 5.97 Å². The molecule has 0 aromatic heterocycles. The molecule has 0 radical (unpaired) electrons. The second kappa shape index (κ2) is 12.6. The average Bonchev–Trinajstić information content (AvgIpc) is 3.22. The molecule has 1 atom stereocenters. The highest BCUT2D eigenvalue weighted by Crippen LogP contribution is 2.45. The number of imide groups is 1. The number of hydrogen-bond acceptors (Lipinski definition) is 5. The van der Waals surface area contributed by atoms with Crippen LogP contribution in [0.5, 0.6) is 0 Å². The lowest BCUT2D eigenvalue weighted by Crippen LogP contribution is -2.47. The molecule has 7 nitrogen and oxygen atoms in total. The van der Waals surface area contributed by atoms with Crippen molar-refractivity contribution in [2.24, 2.45) is 0 Å². The summed E-state index contributed by atoms with van der Waals surface area (Å²) in [6.45, 7) is 3.31. The first-order valence-corrected chi connectivity index (χ1v) is 14.0. The molecule has 0 unspecified atom stereocenters. The van der Waals surface area contributed by atoms with Gasteiger partial charge < -0.3 is 10.1 Å². The van der Waals surface area contributed by atoms with E-state index in [9.17, 15) is 19.2 Å². The molecule has 0 bridgehead atoms. The number of para-hydroxylation sites is 1. The largest absolute Gasteiger partial charge is 0.454 e. The number of fused-ring (bicyclic) bond motifs is 1. The maximum atomic E-state index is 13.5. The maximum absolute atomic E-state index is 13.5. The zero-order valence-electron chi connectivity index (χ0n) is 21.5. The summed E-state index contributed by atoms with van der Waals surface area (Å²) >= 11 is 24.8. The molecule has 4 rings (SSSR count). The summed E-state index contributed by atoms with van der Waals surface area (Å²) in [4.78, 5) is 53.9. The monoisotopic (exact) mass is 620 g/mol. The average molecular weight is 622 g/mol. The third-order valence-electron chi connectivity index (χ3n) is 6.60. The molecule has 3 aromatic carbocycles. The van der Waals surface area contributed by atoms with Gasteiger partial charge in [0.15, 0.2) is 6.61 Å². The molecule has 1 N–H and O–H groups in total. The zero-order chi connectivity index (χ0) is 29.1. The van der Waals surface area contributed by atoms with Crippen LogP contribution in [0, 0.1) is 0 Å². The van der Waals surface area contributed by atoms with Crippen molar-refractivity contribution in [3.05, 3.63) is 96.4 Å². The minimum Gasteiger partial charge on any atom is -0.454 e. The third kappa shape index (κ3) is 5.70. The molecule has 11 heteroatoms. The summed E-state index contributed by atoms with van der Waals surface area (Å²) in [6.07, 6.45) is 1.31. The minimum atomic E-state index is -1.43. The smallest absolute Gasteiger partial charge is 0.330 e. The fourth-order valence-electron chi connectivity index (χ4n) is 4.58. The van der Waals surface area contributed by atoms with Crippen molar-refractivity contribution in [2.45, 2.75) is 39.2 Å². The van der Waals surface area contributed by atoms with Crippen molar-refractivity contribution in [3.63, 3.8) is 0 Å². The second-order valence-electron chi connectivity index (χ2n) is 9.01. The quantitative estimate of drug-likeness (QED) is 0.123. The molecule has 3 aromatic rings. The van der Waals surface area contributed by atoms with Crippen LogP contribution in [-0.4, -0.2) is 41.2 Å². The molecular weight excluding hydrogens is 598 g/mol. The van der Waals surface area contributed by atoms with Crippen molar-refractivity contribution in [1.29, 1.82) is 0 Å². The Morgan fingerprint density at radius 3 is 1.82 bits per heavy atom. The number of hydrogen-bond donors (Lipinski definition) is 1. The third-order valence-corrected chi connectivity index (χ3v) is 8.40. The summed E-state index contributed by atoms with van der Waals surface area (Å²) in [5.74, 6) is -3.28. The number of ether oxygens (including phenoxy) is 1. The SMILES string of the molecule is CCc1cccc(CC)c1NC(=O)COC(=O)[C@H](Cc1ccccc1)N1C(=O)c2c(Cl)c(Cl)c(Cl)c(Cl)c2C1=O. The van der Waals surface area contributed by atoms with Gasteiger partial charge in [0.05, 0.1) is 31.2 Å². The van der Waals surface area contributed by atoms with Crippen molar-refractivity contribution < 1.29 is 23.9 Å². The first-order valence-electron chi connectivity index (χ1n) is 12.5. The second-order valence-corrected chi connectivity index (χ2v) is 10.5. The Morgan fingerprint density at radius 2 is 1.32 bits per heavy atom. The summed E-state index contributed by atoms with van der Waals surface area (Å²) in [5.41, 5.74) is 2.70. The van der Waals surface area contributed by atoms with E-state index in [1.54, 1.807) is 30.3 Å². The Bertz CT molecular complexity index is 1440. The van der Waals surface area contributed by atoms with Crippen molar-refractivity contribution in [3.8, 4) is 0 Å². The van der Waals surface area contributed by atoms with Gasteiger partial charge in [-0.15, -0.1) is 0 Å². The van der Waals surface area contributed by atoms with E-state index in [2.05, 4.69) is 5.32 Å². The summed E-state index contributed by atoms with van der Waals surface area (Å²) in [7, 11) is 0. The number of anilines is 1. The first-order chi connectivity index (χ1) is 19.1. The molecule has 1 aliphatic rings. The fourth-order valence-corrected chi connectivity index (χ4v) is 5.59. The molecule has 40 heavy (non-hydrogen) atoms. The van der Waals surface area contributed by atoms with Gasteiger partial charge in [0.2, 0.25) is 0 Å². The zero-order valence-corrected chi connectivity index (χ0v) is 24.5. The molecule has 0 fully saturated rings. The summed E-state index contributed by atoms with van der Waals surface area (Å²) < 4.78 is 5.36. The molecule has 208 valence electrons. The molecule has 0 saturated heterocycles. The van der Waals surface area contributed by atoms with Crippen LogP contribution in [0.15, 0.2) is 48.5 Å². The number of carbonyl (C=O) groups is 4. The van der Waals surface area contributed by atoms with E-state index in [1.165, 1.54) is 0 Å². The summed E-state index contributed by atoms with van der Waals surface area (Å²) in [5, 5.41) is 1.95. The van der Waals surface area contributed by atoms with Gasteiger partial charge in [0, 0.05) is 12.1 Å². The maximum Gasteiger partial charge on any atom is 0.330 e. The number of nitrogens with zero attached hydrogens (tertiary/aromatic N) is 1. The number of esters is 1. The Kier molecular flexibility index (Phi) is 9.41. The molecule has 1 heterocycles. The van der Waals surface area contributed by atoms with Crippen molar-refractivity contribution in [1.82, 2.24) is 4.90 Å². The van der Waals surface area contributed by atoms with Crippen molar-refractivity contribution >= 4 is 75.8 Å². The number of benzene rings is 3. The van der Waals surface area contributed by atoms with E-state index in [4.69, 9.17) is 51.1 Å². The number of aryl methyl sites for hydroxylation is 2. The standard InChI is InChI=1S/C29H24Cl4N2O5/c1-3-16-11-8-12-17(4-2)26(16)34-19(36)14-40-29(39)18(13-15-9-6-5-7-10-15)35-27(37)20-21(28(35)38)23(31)25(33)24(32)22(20)30/h5-12,18H,3-4,13-14H2,1-2H3,(H,34,36)/t18-/m0/s1. The van der Waals surface area contributed by atoms with Crippen LogP contribution in [-0.2, 0) is 33.6 Å². The lowest BCUT2D eigenvalue weighted by Gasteiger charge is -2.25. The lowest BCUT2D eigenvalue weighted by atomic mass is 10.0. The normalized spacial score (nSPS) is 13.3. The van der Waals surface area contributed by atoms with Crippen LogP contribution in [0.1, 0.15) is 51.3 Å². The fraction of sp³-hybridized carbons (Fsp3) is 0.241. The van der Waals surface area contributed by atoms with Gasteiger partial charge in [0.1, 0.15) is 6.04 Å². The minimum absolute atomic E-state index is 0.0812. The Hall–Kier alpha value is -3.10. The highest BCUT2D eigenvalue weighted by atomic mass is 35.5. The van der Waals surface area contributed by atoms with Gasteiger partial charge in [-0.3, -0.25) is 19.3 Å². The number of nitrogens with one attached hydrogen (secondary N) is 1. The van der Waals surface area contributed by atoms with Gasteiger partial charge in [-0.1, -0.05) is 109 Å². The highest BCUT2D eigenvalue weighted by Gasteiger charge is 2.47.